The minimum absolute atomic E-state index is 0.0577. The van der Waals surface area contributed by atoms with Crippen molar-refractivity contribution in [2.45, 2.75) is 38.6 Å². The van der Waals surface area contributed by atoms with E-state index in [4.69, 9.17) is 9.84 Å². The lowest BCUT2D eigenvalue weighted by Crippen LogP contribution is -2.35. The first-order chi connectivity index (χ1) is 16.4. The van der Waals surface area contributed by atoms with Gasteiger partial charge in [0, 0.05) is 12.0 Å². The summed E-state index contributed by atoms with van der Waals surface area (Å²) in [4.78, 5) is 40.6. The average molecular weight is 480 g/mol. The molecule has 9 heteroatoms. The Labute approximate surface area is 201 Å². The standard InChI is InChI=1S/C25H25N3O5S/c1-3-15(12-21(29)30)27-23(31)22-14(2)26-24(34-22)28-25(32)33-13-20-18-10-6-4-8-16(18)17-9-5-7-11-19(17)20/h4-11,15,20H,3,12-13H2,1-2H3,(H,27,31)(H,29,30)(H,26,28,32)/t15-/m1/s1. The van der Waals surface area contributed by atoms with Crippen LogP contribution in [0, 0.1) is 6.92 Å². The number of nitrogens with zero attached hydrogens (tertiary/aromatic N) is 1. The molecule has 3 N–H and O–H groups in total. The van der Waals surface area contributed by atoms with Gasteiger partial charge in [-0.05, 0) is 35.6 Å². The molecule has 1 aliphatic rings. The van der Waals surface area contributed by atoms with Gasteiger partial charge in [-0.2, -0.15) is 0 Å². The van der Waals surface area contributed by atoms with E-state index < -0.39 is 24.0 Å². The van der Waals surface area contributed by atoms with Gasteiger partial charge in [0.2, 0.25) is 0 Å². The molecule has 2 amide bonds. The number of thiazole rings is 1. The summed E-state index contributed by atoms with van der Waals surface area (Å²) < 4.78 is 5.53. The first kappa shape index (κ1) is 23.4. The molecule has 0 saturated carbocycles. The topological polar surface area (TPSA) is 118 Å². The maximum Gasteiger partial charge on any atom is 0.413 e. The molecule has 0 fully saturated rings. The second kappa shape index (κ2) is 10.0. The van der Waals surface area contributed by atoms with E-state index in [0.29, 0.717) is 17.0 Å². The van der Waals surface area contributed by atoms with Crippen molar-refractivity contribution < 1.29 is 24.2 Å². The Morgan fingerprint density at radius 2 is 1.71 bits per heavy atom. The van der Waals surface area contributed by atoms with Crippen molar-refractivity contribution in [2.24, 2.45) is 0 Å². The number of carboxylic acid groups (broad SMARTS) is 1. The molecule has 0 unspecified atom stereocenters. The number of aliphatic carboxylic acids is 1. The molecule has 0 radical (unpaired) electrons. The fourth-order valence-corrected chi connectivity index (χ4v) is 5.00. The van der Waals surface area contributed by atoms with Gasteiger partial charge >= 0.3 is 12.1 Å². The van der Waals surface area contributed by atoms with Gasteiger partial charge in [-0.1, -0.05) is 66.8 Å². The minimum Gasteiger partial charge on any atom is -0.481 e. The van der Waals surface area contributed by atoms with Crippen LogP contribution < -0.4 is 10.6 Å². The molecule has 2 aromatic carbocycles. The third-order valence-corrected chi connectivity index (χ3v) is 6.88. The van der Waals surface area contributed by atoms with Crippen molar-refractivity contribution in [3.63, 3.8) is 0 Å². The number of hydrogen-bond donors (Lipinski definition) is 3. The zero-order valence-electron chi connectivity index (χ0n) is 18.8. The second-order valence-corrected chi connectivity index (χ2v) is 9.06. The summed E-state index contributed by atoms with van der Waals surface area (Å²) in [5.74, 6) is -1.45. The summed E-state index contributed by atoms with van der Waals surface area (Å²) in [5.41, 5.74) is 4.97. The molecule has 34 heavy (non-hydrogen) atoms. The number of fused-ring (bicyclic) bond motifs is 3. The Morgan fingerprint density at radius 3 is 2.29 bits per heavy atom. The summed E-state index contributed by atoms with van der Waals surface area (Å²) in [6, 6.07) is 15.7. The highest BCUT2D eigenvalue weighted by Crippen LogP contribution is 2.44. The van der Waals surface area contributed by atoms with Gasteiger partial charge in [0.05, 0.1) is 12.1 Å². The fraction of sp³-hybridized carbons (Fsp3) is 0.280. The van der Waals surface area contributed by atoms with Crippen LogP contribution in [0.15, 0.2) is 48.5 Å². The van der Waals surface area contributed by atoms with Crippen molar-refractivity contribution in [1.29, 1.82) is 0 Å². The summed E-state index contributed by atoms with van der Waals surface area (Å²) in [7, 11) is 0. The van der Waals surface area contributed by atoms with Gasteiger partial charge in [-0.3, -0.25) is 14.9 Å². The number of aryl methyl sites for hydroxylation is 1. The normalized spacial score (nSPS) is 13.0. The van der Waals surface area contributed by atoms with Gasteiger partial charge in [0.15, 0.2) is 5.13 Å². The zero-order chi connectivity index (χ0) is 24.2. The zero-order valence-corrected chi connectivity index (χ0v) is 19.6. The summed E-state index contributed by atoms with van der Waals surface area (Å²) >= 11 is 1.02. The number of nitrogens with one attached hydrogen (secondary N) is 2. The van der Waals surface area contributed by atoms with Crippen LogP contribution >= 0.6 is 11.3 Å². The largest absolute Gasteiger partial charge is 0.481 e. The van der Waals surface area contributed by atoms with Crippen LogP contribution in [0.1, 0.15) is 52.2 Å². The number of anilines is 1. The van der Waals surface area contributed by atoms with Gasteiger partial charge in [0.1, 0.15) is 11.5 Å². The number of carboxylic acids is 1. The van der Waals surface area contributed by atoms with Gasteiger partial charge in [0.25, 0.3) is 5.91 Å². The third kappa shape index (κ3) is 4.94. The third-order valence-electron chi connectivity index (χ3n) is 5.80. The molecule has 1 aliphatic carbocycles. The Bertz CT molecular complexity index is 1190. The van der Waals surface area contributed by atoms with Crippen molar-refractivity contribution >= 4 is 34.4 Å². The highest BCUT2D eigenvalue weighted by molar-refractivity contribution is 7.17. The Balaban J connectivity index is 1.39. The maximum atomic E-state index is 12.6. The van der Waals surface area contributed by atoms with Gasteiger partial charge < -0.3 is 15.2 Å². The minimum atomic E-state index is -0.981. The summed E-state index contributed by atoms with van der Waals surface area (Å²) in [6.07, 6.45) is -0.328. The van der Waals surface area contributed by atoms with Crippen LogP contribution in [0.3, 0.4) is 0 Å². The lowest BCUT2D eigenvalue weighted by atomic mass is 9.98. The van der Waals surface area contributed by atoms with Crippen LogP contribution in [0.5, 0.6) is 0 Å². The van der Waals surface area contributed by atoms with E-state index in [0.717, 1.165) is 33.6 Å². The first-order valence-corrected chi connectivity index (χ1v) is 11.8. The molecule has 1 atom stereocenters. The van der Waals surface area contributed by atoms with Crippen molar-refractivity contribution in [2.75, 3.05) is 11.9 Å². The summed E-state index contributed by atoms with van der Waals surface area (Å²) in [5, 5.41) is 14.5. The van der Waals surface area contributed by atoms with Crippen LogP contribution in [0.2, 0.25) is 0 Å². The molecule has 8 nitrogen and oxygen atoms in total. The predicted molar refractivity (Wildman–Crippen MR) is 129 cm³/mol. The van der Waals surface area contributed by atoms with E-state index in [9.17, 15) is 14.4 Å². The van der Waals surface area contributed by atoms with Crippen LogP contribution in [0.25, 0.3) is 11.1 Å². The lowest BCUT2D eigenvalue weighted by molar-refractivity contribution is -0.137. The van der Waals surface area contributed by atoms with E-state index in [2.05, 4.69) is 27.8 Å². The Kier molecular flexibility index (Phi) is 6.93. The number of ether oxygens (including phenoxy) is 1. The molecule has 0 bridgehead atoms. The molecule has 1 aromatic heterocycles. The number of hydrogen-bond acceptors (Lipinski definition) is 6. The van der Waals surface area contributed by atoms with E-state index >= 15 is 0 Å². The number of carbonyl (C=O) groups excluding carboxylic acids is 2. The monoisotopic (exact) mass is 479 g/mol. The highest BCUT2D eigenvalue weighted by Gasteiger charge is 2.29. The number of rotatable bonds is 8. The Hall–Kier alpha value is -3.72. The van der Waals surface area contributed by atoms with Crippen LogP contribution in [0.4, 0.5) is 9.93 Å². The van der Waals surface area contributed by atoms with Crippen molar-refractivity contribution in [3.05, 3.63) is 70.2 Å². The predicted octanol–water partition coefficient (Wildman–Crippen LogP) is 4.80. The smallest absolute Gasteiger partial charge is 0.413 e. The number of aromatic nitrogens is 1. The number of benzene rings is 2. The molecule has 1 heterocycles. The average Bonchev–Trinajstić information content (AvgIpc) is 3.34. The number of amides is 2. The van der Waals surface area contributed by atoms with Gasteiger partial charge in [-0.15, -0.1) is 0 Å². The van der Waals surface area contributed by atoms with E-state index in [1.165, 1.54) is 0 Å². The van der Waals surface area contributed by atoms with Gasteiger partial charge in [-0.25, -0.2) is 9.78 Å². The van der Waals surface area contributed by atoms with Crippen LogP contribution in [-0.2, 0) is 9.53 Å². The Morgan fingerprint density at radius 1 is 1.09 bits per heavy atom. The number of carbonyl (C=O) groups is 3. The van der Waals surface area contributed by atoms with E-state index in [1.54, 1.807) is 13.8 Å². The quantitative estimate of drug-likeness (QED) is 0.427. The molecular formula is C25H25N3O5S. The van der Waals surface area contributed by atoms with Crippen molar-refractivity contribution in [3.8, 4) is 11.1 Å². The summed E-state index contributed by atoms with van der Waals surface area (Å²) in [6.45, 7) is 3.63. The molecule has 0 saturated heterocycles. The highest BCUT2D eigenvalue weighted by atomic mass is 32.1. The molecule has 4 rings (SSSR count). The SMILES string of the molecule is CC[C@H](CC(=O)O)NC(=O)c1sc(NC(=O)OCC2c3ccccc3-c3ccccc32)nc1C. The molecule has 0 aliphatic heterocycles. The van der Waals surface area contributed by atoms with Crippen molar-refractivity contribution in [1.82, 2.24) is 10.3 Å². The maximum absolute atomic E-state index is 12.6. The fourth-order valence-electron chi connectivity index (χ4n) is 4.14. The molecule has 176 valence electrons. The molecule has 0 spiro atoms. The van der Waals surface area contributed by atoms with E-state index in [1.807, 2.05) is 36.4 Å². The first-order valence-electron chi connectivity index (χ1n) is 11.0. The lowest BCUT2D eigenvalue weighted by Gasteiger charge is -2.14. The van der Waals surface area contributed by atoms with Crippen LogP contribution in [-0.4, -0.2) is 40.7 Å². The van der Waals surface area contributed by atoms with E-state index in [-0.39, 0.29) is 24.1 Å². The molecular weight excluding hydrogens is 454 g/mol. The second-order valence-electron chi connectivity index (χ2n) is 8.06. The molecule has 3 aromatic rings.